The molecular formula is C30H42. The maximum Gasteiger partial charge on any atom is -0.00289 e. The minimum atomic E-state index is 0.557. The van der Waals surface area contributed by atoms with E-state index in [0.717, 1.165) is 0 Å². The molecule has 0 aliphatic heterocycles. The molecule has 12 rings (SSSR count). The first-order chi connectivity index (χ1) is 13.2. The third-order valence-electron chi connectivity index (χ3n) is 23.1. The highest BCUT2D eigenvalue weighted by Crippen LogP contribution is 3.43. The van der Waals surface area contributed by atoms with Crippen LogP contribution in [0.4, 0.5) is 0 Å². The smallest absolute Gasteiger partial charge is 0.00289 e. The van der Waals surface area contributed by atoms with E-state index in [-0.39, 0.29) is 0 Å². The summed E-state index contributed by atoms with van der Waals surface area (Å²) in [6.45, 7) is 38.9. The highest BCUT2D eigenvalue weighted by molar-refractivity contribution is 5.86. The van der Waals surface area contributed by atoms with Crippen LogP contribution in [0.5, 0.6) is 0 Å². The molecule has 12 aliphatic rings. The van der Waals surface area contributed by atoms with Crippen molar-refractivity contribution >= 4 is 0 Å². The zero-order chi connectivity index (χ0) is 22.0. The van der Waals surface area contributed by atoms with Gasteiger partial charge in [-0.05, 0) is 86.6 Å². The van der Waals surface area contributed by atoms with Gasteiger partial charge in [-0.2, -0.15) is 0 Å². The van der Waals surface area contributed by atoms with Crippen molar-refractivity contribution in [2.75, 3.05) is 0 Å². The van der Waals surface area contributed by atoms with Gasteiger partial charge in [0.25, 0.3) is 0 Å². The van der Waals surface area contributed by atoms with Crippen LogP contribution in [-0.2, 0) is 0 Å². The topological polar surface area (TPSA) is 0 Å². The van der Waals surface area contributed by atoms with Crippen LogP contribution in [0.3, 0.4) is 0 Å². The Labute approximate surface area is 183 Å². The Morgan fingerprint density at radius 3 is 0.400 bits per heavy atom. The summed E-state index contributed by atoms with van der Waals surface area (Å²) in [5.41, 5.74) is 9.08. The van der Waals surface area contributed by atoms with E-state index >= 15 is 0 Å². The van der Waals surface area contributed by atoms with Gasteiger partial charge >= 0.3 is 0 Å². The quantitative estimate of drug-likeness (QED) is 0.435. The molecule has 12 saturated carbocycles. The fourth-order valence-electron chi connectivity index (χ4n) is 24.0. The van der Waals surface area contributed by atoms with Crippen LogP contribution in [0.2, 0.25) is 0 Å². The summed E-state index contributed by atoms with van der Waals surface area (Å²) in [6, 6.07) is 0. The predicted molar refractivity (Wildman–Crippen MR) is 118 cm³/mol. The molecule has 162 valence electrons. The summed E-state index contributed by atoms with van der Waals surface area (Å²) in [4.78, 5) is 0. The molecule has 12 fully saturated rings. The molecule has 0 saturated heterocycles. The van der Waals surface area contributed by atoms with Crippen molar-refractivity contribution < 1.29 is 0 Å². The minimum absolute atomic E-state index is 0.557. The molecule has 0 radical (unpaired) electrons. The molecule has 0 amide bonds. The Kier molecular flexibility index (Phi) is 1.36. The summed E-state index contributed by atoms with van der Waals surface area (Å²) < 4.78 is 0. The second-order valence-electron chi connectivity index (χ2n) is 17.2. The average Bonchev–Trinajstić information content (AvgIpc) is 2.71. The SMILES string of the molecule is CC12C3(C)C4(C)C1(C)C1(C)C2(C)C3(C)C41C12C3(C)C4(C)C5(C)C3(C)C1(C)C5(C)C42C. The van der Waals surface area contributed by atoms with Gasteiger partial charge in [0.15, 0.2) is 0 Å². The van der Waals surface area contributed by atoms with E-state index < -0.39 is 0 Å². The fourth-order valence-corrected chi connectivity index (χ4v) is 24.0. The first-order valence-corrected chi connectivity index (χ1v) is 13.2. The third kappa shape index (κ3) is 0.403. The molecule has 0 atom stereocenters. The number of hydrogen-bond donors (Lipinski definition) is 0. The normalized spacial score (nSPS) is 104. The Morgan fingerprint density at radius 1 is 0.167 bits per heavy atom. The molecule has 0 heterocycles. The first-order valence-electron chi connectivity index (χ1n) is 13.2. The van der Waals surface area contributed by atoms with Crippen molar-refractivity contribution in [1.29, 1.82) is 0 Å². The number of hydrogen-bond acceptors (Lipinski definition) is 0. The molecule has 0 bridgehead atoms. The van der Waals surface area contributed by atoms with Gasteiger partial charge in [0.2, 0.25) is 0 Å². The molecule has 0 aromatic rings. The van der Waals surface area contributed by atoms with E-state index in [1.54, 1.807) is 0 Å². The first kappa shape index (κ1) is 16.6. The second kappa shape index (κ2) is 2.47. The fraction of sp³-hybridized carbons (Fsp3) is 1.00. The lowest BCUT2D eigenvalue weighted by Gasteiger charge is -3.42. The van der Waals surface area contributed by atoms with Crippen molar-refractivity contribution in [1.82, 2.24) is 0 Å². The molecule has 0 spiro atoms. The molecule has 0 aromatic heterocycles. The summed E-state index contributed by atoms with van der Waals surface area (Å²) in [6.07, 6.45) is 0. The van der Waals surface area contributed by atoms with Crippen LogP contribution in [0, 0.1) is 86.6 Å². The molecule has 30 heavy (non-hydrogen) atoms. The van der Waals surface area contributed by atoms with E-state index in [1.807, 2.05) is 0 Å². The Hall–Kier alpha value is 0. The van der Waals surface area contributed by atoms with Gasteiger partial charge in [0.05, 0.1) is 0 Å². The maximum absolute atomic E-state index is 2.82. The highest BCUT2D eigenvalue weighted by atomic mass is 15.4. The molecule has 0 N–H and O–H groups in total. The van der Waals surface area contributed by atoms with Gasteiger partial charge in [0.1, 0.15) is 0 Å². The lowest BCUT2D eigenvalue weighted by molar-refractivity contribution is -0.965. The summed E-state index contributed by atoms with van der Waals surface area (Å²) in [5, 5.41) is 0. The van der Waals surface area contributed by atoms with Crippen molar-refractivity contribution in [3.63, 3.8) is 0 Å². The summed E-state index contributed by atoms with van der Waals surface area (Å²) in [5.74, 6) is 0. The van der Waals surface area contributed by atoms with Crippen molar-refractivity contribution in [3.05, 3.63) is 0 Å². The summed E-state index contributed by atoms with van der Waals surface area (Å²) >= 11 is 0. The van der Waals surface area contributed by atoms with Gasteiger partial charge < -0.3 is 0 Å². The van der Waals surface area contributed by atoms with E-state index in [9.17, 15) is 0 Å². The van der Waals surface area contributed by atoms with Gasteiger partial charge in [-0.3, -0.25) is 0 Å². The molecule has 0 unspecified atom stereocenters. The minimum Gasteiger partial charge on any atom is -0.0579 e. The largest absolute Gasteiger partial charge is 0.0579 e. The van der Waals surface area contributed by atoms with Crippen LogP contribution in [0.15, 0.2) is 0 Å². The van der Waals surface area contributed by atoms with Crippen molar-refractivity contribution in [3.8, 4) is 0 Å². The van der Waals surface area contributed by atoms with Crippen LogP contribution in [0.25, 0.3) is 0 Å². The summed E-state index contributed by atoms with van der Waals surface area (Å²) in [7, 11) is 0. The second-order valence-corrected chi connectivity index (χ2v) is 17.2. The molecule has 0 nitrogen and oxygen atoms in total. The third-order valence-corrected chi connectivity index (χ3v) is 23.1. The molecule has 0 aromatic carbocycles. The van der Waals surface area contributed by atoms with E-state index in [2.05, 4.69) is 96.9 Å². The number of rotatable bonds is 1. The molecule has 12 aliphatic carbocycles. The maximum atomic E-state index is 2.82. The van der Waals surface area contributed by atoms with Gasteiger partial charge in [0, 0.05) is 0 Å². The van der Waals surface area contributed by atoms with Gasteiger partial charge in [-0.25, -0.2) is 0 Å². The Balaban J connectivity index is 1.36. The van der Waals surface area contributed by atoms with Crippen LogP contribution < -0.4 is 0 Å². The van der Waals surface area contributed by atoms with Crippen LogP contribution in [0.1, 0.15) is 96.9 Å². The molecular weight excluding hydrogens is 360 g/mol. The lowest BCUT2D eigenvalue weighted by Crippen LogP contribution is -3.39. The Morgan fingerprint density at radius 2 is 0.267 bits per heavy atom. The zero-order valence-electron chi connectivity index (χ0n) is 22.0. The van der Waals surface area contributed by atoms with Crippen LogP contribution >= 0.6 is 0 Å². The standard InChI is InChI=1S/C30H42/c1-15-17(3)23(9)18(15,4)25(11)19(15,5)24(17,10)29(23,25)30-26(12)20(6)16(2)21(26,7)28(30,14)22(16,8)27(20,30)13/h1-14H3. The van der Waals surface area contributed by atoms with E-state index in [1.165, 1.54) is 0 Å². The zero-order valence-corrected chi connectivity index (χ0v) is 22.0. The average molecular weight is 403 g/mol. The lowest BCUT2D eigenvalue weighted by atomic mass is 8.61. The predicted octanol–water partition coefficient (Wildman–Crippen LogP) is 7.18. The van der Waals surface area contributed by atoms with Crippen LogP contribution in [-0.4, -0.2) is 0 Å². The van der Waals surface area contributed by atoms with E-state index in [4.69, 9.17) is 0 Å². The Bertz CT molecular complexity index is 968. The molecule has 0 heteroatoms. The highest BCUT2D eigenvalue weighted by Gasteiger charge is 3.41. The van der Waals surface area contributed by atoms with Gasteiger partial charge in [-0.1, -0.05) is 96.9 Å². The van der Waals surface area contributed by atoms with Gasteiger partial charge in [-0.15, -0.1) is 0 Å². The van der Waals surface area contributed by atoms with E-state index in [0.29, 0.717) is 86.6 Å². The monoisotopic (exact) mass is 402 g/mol. The van der Waals surface area contributed by atoms with Crippen molar-refractivity contribution in [2.45, 2.75) is 96.9 Å². The van der Waals surface area contributed by atoms with Crippen molar-refractivity contribution in [2.24, 2.45) is 86.6 Å².